The Morgan fingerprint density at radius 1 is 1.33 bits per heavy atom. The van der Waals surface area contributed by atoms with Gasteiger partial charge in [-0.1, -0.05) is 29.8 Å². The molecule has 2 heterocycles. The third kappa shape index (κ3) is 3.49. The van der Waals surface area contributed by atoms with Crippen LogP contribution < -0.4 is 5.32 Å². The average molecular weight is 342 g/mol. The van der Waals surface area contributed by atoms with Gasteiger partial charge in [0.25, 0.3) is 0 Å². The molecule has 126 valence electrons. The second kappa shape index (κ2) is 6.75. The summed E-state index contributed by atoms with van der Waals surface area (Å²) in [5.41, 5.74) is 3.02. The lowest BCUT2D eigenvalue weighted by Crippen LogP contribution is -2.36. The molecular formula is C18H22N4OS. The second-order valence-electron chi connectivity index (χ2n) is 6.26. The van der Waals surface area contributed by atoms with E-state index in [1.807, 2.05) is 60.9 Å². The lowest BCUT2D eigenvalue weighted by atomic mass is 10.0. The molecule has 2 aromatic heterocycles. The number of thiazole rings is 1. The van der Waals surface area contributed by atoms with Crippen LogP contribution in [0.4, 0.5) is 0 Å². The topological polar surface area (TPSA) is 49.6 Å². The van der Waals surface area contributed by atoms with E-state index >= 15 is 0 Å². The molecule has 0 radical (unpaired) electrons. The summed E-state index contributed by atoms with van der Waals surface area (Å²) in [6, 6.07) is 7.76. The predicted molar refractivity (Wildman–Crippen MR) is 97.3 cm³/mol. The van der Waals surface area contributed by atoms with Crippen LogP contribution in [0.5, 0.6) is 0 Å². The van der Waals surface area contributed by atoms with Crippen LogP contribution in [0.25, 0.3) is 4.96 Å². The van der Waals surface area contributed by atoms with Gasteiger partial charge in [0.1, 0.15) is 6.04 Å². The van der Waals surface area contributed by atoms with Crippen LogP contribution in [-0.4, -0.2) is 34.3 Å². The van der Waals surface area contributed by atoms with Crippen molar-refractivity contribution in [1.82, 2.24) is 19.6 Å². The smallest absolute Gasteiger partial charge is 0.242 e. The van der Waals surface area contributed by atoms with Gasteiger partial charge in [-0.05, 0) is 33.5 Å². The molecule has 0 fully saturated rings. The lowest BCUT2D eigenvalue weighted by molar-refractivity contribution is -0.126. The van der Waals surface area contributed by atoms with Gasteiger partial charge >= 0.3 is 0 Å². The number of rotatable bonds is 5. The number of fused-ring (bicyclic) bond motifs is 1. The van der Waals surface area contributed by atoms with Gasteiger partial charge in [0.2, 0.25) is 5.91 Å². The molecule has 0 aliphatic carbocycles. The van der Waals surface area contributed by atoms with E-state index < -0.39 is 0 Å². The Balaban J connectivity index is 1.72. The number of amides is 1. The van der Waals surface area contributed by atoms with Gasteiger partial charge in [-0.15, -0.1) is 11.3 Å². The summed E-state index contributed by atoms with van der Waals surface area (Å²) in [4.78, 5) is 21.4. The van der Waals surface area contributed by atoms with E-state index in [1.165, 1.54) is 4.88 Å². The fourth-order valence-electron chi connectivity index (χ4n) is 2.84. The van der Waals surface area contributed by atoms with Crippen LogP contribution in [0, 0.1) is 13.8 Å². The number of carbonyl (C=O) groups is 1. The Kier molecular flexibility index (Phi) is 4.69. The van der Waals surface area contributed by atoms with Crippen LogP contribution in [0.15, 0.2) is 36.7 Å². The highest BCUT2D eigenvalue weighted by atomic mass is 32.1. The fraction of sp³-hybridized carbons (Fsp3) is 0.333. The van der Waals surface area contributed by atoms with Crippen molar-refractivity contribution < 1.29 is 4.79 Å². The quantitative estimate of drug-likeness (QED) is 0.776. The first kappa shape index (κ1) is 16.7. The van der Waals surface area contributed by atoms with Crippen LogP contribution in [0.3, 0.4) is 0 Å². The molecule has 1 aromatic carbocycles. The van der Waals surface area contributed by atoms with Crippen LogP contribution in [-0.2, 0) is 11.3 Å². The molecule has 1 amide bonds. The first-order valence-corrected chi connectivity index (χ1v) is 8.70. The number of aryl methyl sites for hydroxylation is 2. The maximum atomic E-state index is 12.7. The molecule has 5 nitrogen and oxygen atoms in total. The summed E-state index contributed by atoms with van der Waals surface area (Å²) in [6.45, 7) is 4.53. The standard InChI is InChI=1S/C18H22N4OS/c1-12-6-5-7-14(8-12)16(21(3)4)17(23)19-9-15-11-22-10-13(2)24-18(22)20-15/h5-8,10-11,16H,9H2,1-4H3,(H,19,23)/t16-/m1/s1. The van der Waals surface area contributed by atoms with Gasteiger partial charge in [-0.25, -0.2) is 4.98 Å². The van der Waals surface area contributed by atoms with Gasteiger partial charge in [0.15, 0.2) is 4.96 Å². The minimum Gasteiger partial charge on any atom is -0.349 e. The molecule has 0 saturated heterocycles. The summed E-state index contributed by atoms with van der Waals surface area (Å²) in [5.74, 6) is -0.0156. The van der Waals surface area contributed by atoms with Gasteiger partial charge < -0.3 is 5.32 Å². The van der Waals surface area contributed by atoms with Gasteiger partial charge in [0.05, 0.1) is 12.2 Å². The summed E-state index contributed by atoms with van der Waals surface area (Å²) in [6.07, 6.45) is 4.02. The Morgan fingerprint density at radius 3 is 2.79 bits per heavy atom. The largest absolute Gasteiger partial charge is 0.349 e. The van der Waals surface area contributed by atoms with E-state index in [0.717, 1.165) is 21.8 Å². The van der Waals surface area contributed by atoms with E-state index in [-0.39, 0.29) is 11.9 Å². The SMILES string of the molecule is Cc1cccc([C@H](C(=O)NCc2cn3cc(C)sc3n2)N(C)C)c1. The highest BCUT2D eigenvalue weighted by molar-refractivity contribution is 7.16. The number of imidazole rings is 1. The zero-order valence-electron chi connectivity index (χ0n) is 14.4. The first-order chi connectivity index (χ1) is 11.4. The molecule has 0 spiro atoms. The number of benzene rings is 1. The summed E-state index contributed by atoms with van der Waals surface area (Å²) >= 11 is 1.65. The van der Waals surface area contributed by atoms with Gasteiger partial charge in [-0.3, -0.25) is 14.1 Å². The molecule has 0 aliphatic rings. The minimum atomic E-state index is -0.309. The number of carbonyl (C=O) groups excluding carboxylic acids is 1. The molecule has 1 N–H and O–H groups in total. The average Bonchev–Trinajstić information content (AvgIpc) is 3.01. The van der Waals surface area contributed by atoms with E-state index in [9.17, 15) is 4.79 Å². The molecule has 0 aliphatic heterocycles. The first-order valence-electron chi connectivity index (χ1n) is 7.89. The third-order valence-corrected chi connectivity index (χ3v) is 4.80. The number of nitrogens with zero attached hydrogens (tertiary/aromatic N) is 3. The van der Waals surface area contributed by atoms with E-state index in [2.05, 4.69) is 23.3 Å². The lowest BCUT2D eigenvalue weighted by Gasteiger charge is -2.24. The van der Waals surface area contributed by atoms with Crippen molar-refractivity contribution in [2.75, 3.05) is 14.1 Å². The Labute approximate surface area is 145 Å². The van der Waals surface area contributed by atoms with E-state index in [4.69, 9.17) is 0 Å². The maximum Gasteiger partial charge on any atom is 0.242 e. The highest BCUT2D eigenvalue weighted by Crippen LogP contribution is 2.20. The summed E-state index contributed by atoms with van der Waals surface area (Å²) in [5, 5.41) is 3.01. The van der Waals surface area contributed by atoms with Crippen molar-refractivity contribution in [2.24, 2.45) is 0 Å². The van der Waals surface area contributed by atoms with Gasteiger partial charge in [0, 0.05) is 17.3 Å². The minimum absolute atomic E-state index is 0.0156. The van der Waals surface area contributed by atoms with Crippen LogP contribution in [0.1, 0.15) is 27.7 Å². The molecule has 0 unspecified atom stereocenters. The third-order valence-electron chi connectivity index (χ3n) is 3.89. The van der Waals surface area contributed by atoms with Crippen molar-refractivity contribution in [3.8, 4) is 0 Å². The Hall–Kier alpha value is -2.18. The summed E-state index contributed by atoms with van der Waals surface area (Å²) in [7, 11) is 3.84. The van der Waals surface area contributed by atoms with Crippen molar-refractivity contribution in [1.29, 1.82) is 0 Å². The molecule has 0 bridgehead atoms. The monoisotopic (exact) mass is 342 g/mol. The fourth-order valence-corrected chi connectivity index (χ4v) is 3.67. The highest BCUT2D eigenvalue weighted by Gasteiger charge is 2.23. The zero-order valence-corrected chi connectivity index (χ0v) is 15.2. The second-order valence-corrected chi connectivity index (χ2v) is 7.48. The normalized spacial score (nSPS) is 12.7. The molecule has 1 atom stereocenters. The summed E-state index contributed by atoms with van der Waals surface area (Å²) < 4.78 is 2.01. The van der Waals surface area contributed by atoms with Gasteiger partial charge in [-0.2, -0.15) is 0 Å². The molecule has 3 aromatic rings. The number of likely N-dealkylation sites (N-methyl/N-ethyl adjacent to an activating group) is 1. The zero-order chi connectivity index (χ0) is 17.3. The molecule has 24 heavy (non-hydrogen) atoms. The Bertz CT molecular complexity index is 833. The van der Waals surface area contributed by atoms with E-state index in [0.29, 0.717) is 6.54 Å². The van der Waals surface area contributed by atoms with Crippen molar-refractivity contribution in [2.45, 2.75) is 26.4 Å². The molecule has 0 saturated carbocycles. The number of aromatic nitrogens is 2. The van der Waals surface area contributed by atoms with Crippen LogP contribution >= 0.6 is 11.3 Å². The number of hydrogen-bond donors (Lipinski definition) is 1. The molecule has 3 rings (SSSR count). The molecule has 6 heteroatoms. The van der Waals surface area contributed by atoms with Crippen LogP contribution in [0.2, 0.25) is 0 Å². The Morgan fingerprint density at radius 2 is 2.12 bits per heavy atom. The maximum absolute atomic E-state index is 12.7. The van der Waals surface area contributed by atoms with Crippen molar-refractivity contribution in [3.05, 3.63) is 58.4 Å². The number of hydrogen-bond acceptors (Lipinski definition) is 4. The predicted octanol–water partition coefficient (Wildman–Crippen LogP) is 2.93. The number of nitrogens with one attached hydrogen (secondary N) is 1. The van der Waals surface area contributed by atoms with Crippen molar-refractivity contribution >= 4 is 22.2 Å². The molecular weight excluding hydrogens is 320 g/mol. The van der Waals surface area contributed by atoms with E-state index in [1.54, 1.807) is 11.3 Å². The van der Waals surface area contributed by atoms with Crippen molar-refractivity contribution in [3.63, 3.8) is 0 Å².